The zero-order chi connectivity index (χ0) is 8.10. The van der Waals surface area contributed by atoms with Gasteiger partial charge in [-0.15, -0.1) is 0 Å². The fraction of sp³-hybridized carbons (Fsp3) is 0.625. The molecule has 1 fully saturated rings. The molecule has 0 aromatic heterocycles. The lowest BCUT2D eigenvalue weighted by Crippen LogP contribution is -2.45. The average Bonchev–Trinajstić information content (AvgIpc) is 2.07. The lowest BCUT2D eigenvalue weighted by Gasteiger charge is -2.21. The second kappa shape index (κ2) is 4.13. The highest BCUT2D eigenvalue weighted by atomic mass is 16.2. The van der Waals surface area contributed by atoms with E-state index in [9.17, 15) is 4.79 Å². The van der Waals surface area contributed by atoms with Gasteiger partial charge in [-0.1, -0.05) is 13.0 Å². The van der Waals surface area contributed by atoms with Gasteiger partial charge in [-0.05, 0) is 25.6 Å². The predicted octanol–water partition coefficient (Wildman–Crippen LogP) is 0.388. The van der Waals surface area contributed by atoms with Crippen molar-refractivity contribution in [2.75, 3.05) is 6.54 Å². The maximum atomic E-state index is 11.2. The molecule has 3 nitrogen and oxygen atoms in total. The molecule has 0 radical (unpaired) electrons. The molecule has 0 aromatic carbocycles. The monoisotopic (exact) mass is 154 g/mol. The molecular weight excluding hydrogens is 140 g/mol. The topological polar surface area (TPSA) is 41.1 Å². The molecule has 62 valence electrons. The number of nitrogens with one attached hydrogen (secondary N) is 2. The molecular formula is C8H14N2O. The zero-order valence-corrected chi connectivity index (χ0v) is 6.60. The Morgan fingerprint density at radius 3 is 3.00 bits per heavy atom. The molecule has 0 aromatic rings. The van der Waals surface area contributed by atoms with Gasteiger partial charge in [0.15, 0.2) is 0 Å². The predicted molar refractivity (Wildman–Crippen MR) is 44.0 cm³/mol. The lowest BCUT2D eigenvalue weighted by atomic mass is 10.0. The number of hydrogen-bond donors (Lipinski definition) is 2. The normalized spacial score (nSPS) is 24.2. The molecule has 1 aliphatic rings. The lowest BCUT2D eigenvalue weighted by molar-refractivity contribution is -0.122. The van der Waals surface area contributed by atoms with Gasteiger partial charge in [-0.25, -0.2) is 0 Å². The summed E-state index contributed by atoms with van der Waals surface area (Å²) in [5.74, 6) is 0.0414. The minimum absolute atomic E-state index is 0.00162. The van der Waals surface area contributed by atoms with Gasteiger partial charge in [0.25, 0.3) is 0 Å². The summed E-state index contributed by atoms with van der Waals surface area (Å²) >= 11 is 0. The first-order chi connectivity index (χ1) is 5.34. The van der Waals surface area contributed by atoms with Crippen molar-refractivity contribution in [2.24, 2.45) is 0 Å². The van der Waals surface area contributed by atoms with Gasteiger partial charge in [-0.3, -0.25) is 4.79 Å². The summed E-state index contributed by atoms with van der Waals surface area (Å²) in [6, 6.07) is 0.00162. The molecule has 0 aliphatic carbocycles. The number of piperidine rings is 1. The van der Waals surface area contributed by atoms with Crippen molar-refractivity contribution in [3.8, 4) is 0 Å². The molecule has 11 heavy (non-hydrogen) atoms. The number of carbonyl (C=O) groups is 1. The van der Waals surface area contributed by atoms with Crippen LogP contribution in [0.4, 0.5) is 0 Å². The molecule has 1 aliphatic heterocycles. The van der Waals surface area contributed by atoms with E-state index in [0.29, 0.717) is 0 Å². The first kappa shape index (κ1) is 8.27. The molecule has 0 saturated carbocycles. The van der Waals surface area contributed by atoms with Crippen LogP contribution in [0.25, 0.3) is 0 Å². The molecule has 0 spiro atoms. The molecule has 1 rings (SSSR count). The number of hydrogen-bond acceptors (Lipinski definition) is 2. The maximum Gasteiger partial charge on any atom is 0.241 e. The van der Waals surface area contributed by atoms with Crippen molar-refractivity contribution in [1.82, 2.24) is 10.6 Å². The summed E-state index contributed by atoms with van der Waals surface area (Å²) in [6.45, 7) is 4.39. The average molecular weight is 154 g/mol. The summed E-state index contributed by atoms with van der Waals surface area (Å²) in [5, 5.41) is 5.72. The second-order valence-corrected chi connectivity index (χ2v) is 2.72. The van der Waals surface area contributed by atoms with E-state index < -0.39 is 0 Å². The fourth-order valence-corrected chi connectivity index (χ4v) is 1.28. The van der Waals surface area contributed by atoms with Crippen LogP contribution in [0, 0.1) is 0 Å². The van der Waals surface area contributed by atoms with E-state index in [1.165, 1.54) is 12.6 Å². The molecule has 1 atom stereocenters. The Labute approximate surface area is 66.9 Å². The first-order valence-corrected chi connectivity index (χ1v) is 3.99. The van der Waals surface area contributed by atoms with Gasteiger partial charge in [0.1, 0.15) is 0 Å². The molecule has 2 N–H and O–H groups in total. The minimum Gasteiger partial charge on any atom is -0.332 e. The summed E-state index contributed by atoms with van der Waals surface area (Å²) in [6.07, 6.45) is 4.69. The van der Waals surface area contributed by atoms with E-state index in [1.807, 2.05) is 0 Å². The molecule has 1 heterocycles. The van der Waals surface area contributed by atoms with E-state index in [4.69, 9.17) is 0 Å². The van der Waals surface area contributed by atoms with E-state index in [-0.39, 0.29) is 11.9 Å². The zero-order valence-electron chi connectivity index (χ0n) is 6.60. The van der Waals surface area contributed by atoms with Crippen molar-refractivity contribution < 1.29 is 4.79 Å². The number of amides is 1. The third-order valence-electron chi connectivity index (χ3n) is 1.87. The van der Waals surface area contributed by atoms with Crippen molar-refractivity contribution >= 4 is 5.91 Å². The van der Waals surface area contributed by atoms with Crippen LogP contribution in [0.3, 0.4) is 0 Å². The van der Waals surface area contributed by atoms with Crippen LogP contribution in [0.1, 0.15) is 19.3 Å². The van der Waals surface area contributed by atoms with Crippen molar-refractivity contribution in [1.29, 1.82) is 0 Å². The van der Waals surface area contributed by atoms with Crippen molar-refractivity contribution in [2.45, 2.75) is 25.3 Å². The van der Waals surface area contributed by atoms with Crippen molar-refractivity contribution in [3.63, 3.8) is 0 Å². The summed E-state index contributed by atoms with van der Waals surface area (Å²) < 4.78 is 0. The van der Waals surface area contributed by atoms with Crippen LogP contribution >= 0.6 is 0 Å². The van der Waals surface area contributed by atoms with Crippen LogP contribution in [-0.2, 0) is 4.79 Å². The Morgan fingerprint density at radius 2 is 2.45 bits per heavy atom. The molecule has 1 amide bonds. The minimum atomic E-state index is 0.00162. The van der Waals surface area contributed by atoms with Gasteiger partial charge >= 0.3 is 0 Å². The second-order valence-electron chi connectivity index (χ2n) is 2.72. The van der Waals surface area contributed by atoms with Gasteiger partial charge in [0.2, 0.25) is 5.91 Å². The van der Waals surface area contributed by atoms with E-state index >= 15 is 0 Å². The highest BCUT2D eigenvalue weighted by Gasteiger charge is 2.18. The van der Waals surface area contributed by atoms with Crippen LogP contribution in [0.15, 0.2) is 12.8 Å². The van der Waals surface area contributed by atoms with Crippen LogP contribution in [-0.4, -0.2) is 18.5 Å². The van der Waals surface area contributed by atoms with Crippen LogP contribution < -0.4 is 10.6 Å². The van der Waals surface area contributed by atoms with Gasteiger partial charge < -0.3 is 10.6 Å². The van der Waals surface area contributed by atoms with E-state index in [2.05, 4.69) is 17.2 Å². The van der Waals surface area contributed by atoms with E-state index in [0.717, 1.165) is 19.4 Å². The molecule has 0 bridgehead atoms. The summed E-state index contributed by atoms with van der Waals surface area (Å²) in [5.41, 5.74) is 0. The first-order valence-electron chi connectivity index (χ1n) is 3.99. The van der Waals surface area contributed by atoms with Crippen LogP contribution in [0.2, 0.25) is 0 Å². The third-order valence-corrected chi connectivity index (χ3v) is 1.87. The van der Waals surface area contributed by atoms with Gasteiger partial charge in [-0.2, -0.15) is 0 Å². The highest BCUT2D eigenvalue weighted by molar-refractivity contribution is 5.82. The number of rotatable bonds is 2. The van der Waals surface area contributed by atoms with Crippen LogP contribution in [0.5, 0.6) is 0 Å². The van der Waals surface area contributed by atoms with Crippen molar-refractivity contribution in [3.05, 3.63) is 12.8 Å². The van der Waals surface area contributed by atoms with Gasteiger partial charge in [0.05, 0.1) is 6.04 Å². The third kappa shape index (κ3) is 2.35. The Bertz CT molecular complexity index is 150. The maximum absolute atomic E-state index is 11.2. The summed E-state index contributed by atoms with van der Waals surface area (Å²) in [4.78, 5) is 11.2. The molecule has 1 unspecified atom stereocenters. The largest absolute Gasteiger partial charge is 0.332 e. The molecule has 1 saturated heterocycles. The Balaban J connectivity index is 2.32. The smallest absolute Gasteiger partial charge is 0.241 e. The molecule has 3 heteroatoms. The van der Waals surface area contributed by atoms with Gasteiger partial charge in [0, 0.05) is 0 Å². The summed E-state index contributed by atoms with van der Waals surface area (Å²) in [7, 11) is 0. The Hall–Kier alpha value is -0.830. The van der Waals surface area contributed by atoms with E-state index in [1.54, 1.807) is 0 Å². The number of carbonyl (C=O) groups excluding carboxylic acids is 1. The fourth-order valence-electron chi connectivity index (χ4n) is 1.28. The standard InChI is InChI=1S/C8H14N2O/c1-2-9-8(11)7-5-3-4-6-10-7/h2,7,10H,1,3-6H2,(H,9,11). The quantitative estimate of drug-likeness (QED) is 0.604. The SMILES string of the molecule is C=CNC(=O)C1CCCCN1. The Kier molecular flexibility index (Phi) is 3.11. The highest BCUT2D eigenvalue weighted by Crippen LogP contribution is 2.06. The Morgan fingerprint density at radius 1 is 1.64 bits per heavy atom.